The maximum atomic E-state index is 10.6. The minimum atomic E-state index is -0.189. The summed E-state index contributed by atoms with van der Waals surface area (Å²) < 4.78 is 0. The van der Waals surface area contributed by atoms with Gasteiger partial charge in [0.05, 0.1) is 12.7 Å². The SMILES string of the molecule is CC[C@@H](CC[C@@H](C)[C@@H]1CC[C@H]2[C@@H]3CC=C4C[C@H](O)CC[C@]4(CO)[C@@H]3CC[C@@]21C)C(C)C. The standard InChI is InChI=1S/C29H50O2/c1-6-21(19(2)3)8-7-20(4)25-11-12-26-24-10-9-22-17-23(31)13-16-29(22,18-30)27(24)14-15-28(25,26)5/h9,19-21,23-27,30-31H,6-8,10-18H2,1-5H3/t20-,21+,23-,24+,25+,26+,27-,28-,29-/m1/s1. The summed E-state index contributed by atoms with van der Waals surface area (Å²) in [6.45, 7) is 12.7. The lowest BCUT2D eigenvalue weighted by atomic mass is 9.46. The van der Waals surface area contributed by atoms with Crippen molar-refractivity contribution in [2.75, 3.05) is 6.61 Å². The Morgan fingerprint density at radius 2 is 1.81 bits per heavy atom. The predicted octanol–water partition coefficient (Wildman–Crippen LogP) is 7.00. The van der Waals surface area contributed by atoms with E-state index in [0.29, 0.717) is 17.9 Å². The van der Waals surface area contributed by atoms with Gasteiger partial charge in [0.1, 0.15) is 0 Å². The van der Waals surface area contributed by atoms with Gasteiger partial charge in [-0.05, 0) is 105 Å². The Morgan fingerprint density at radius 1 is 1.03 bits per heavy atom. The van der Waals surface area contributed by atoms with Gasteiger partial charge in [0.15, 0.2) is 0 Å². The molecule has 0 spiro atoms. The van der Waals surface area contributed by atoms with E-state index < -0.39 is 0 Å². The van der Waals surface area contributed by atoms with Gasteiger partial charge >= 0.3 is 0 Å². The molecule has 0 heterocycles. The molecular formula is C29H50O2. The van der Waals surface area contributed by atoms with Crippen LogP contribution in [0.15, 0.2) is 11.6 Å². The van der Waals surface area contributed by atoms with Crippen LogP contribution in [0.3, 0.4) is 0 Å². The monoisotopic (exact) mass is 430 g/mol. The molecule has 2 heteroatoms. The molecular weight excluding hydrogens is 380 g/mol. The zero-order chi connectivity index (χ0) is 22.4. The number of fused-ring (bicyclic) bond motifs is 5. The second-order valence-electron chi connectivity index (χ2n) is 12.7. The fraction of sp³-hybridized carbons (Fsp3) is 0.931. The van der Waals surface area contributed by atoms with Crippen LogP contribution >= 0.6 is 0 Å². The Bertz CT molecular complexity index is 653. The Kier molecular flexibility index (Phi) is 7.01. The summed E-state index contributed by atoms with van der Waals surface area (Å²) in [6, 6.07) is 0. The van der Waals surface area contributed by atoms with Crippen LogP contribution in [-0.4, -0.2) is 22.9 Å². The van der Waals surface area contributed by atoms with E-state index in [2.05, 4.69) is 40.7 Å². The molecule has 31 heavy (non-hydrogen) atoms. The number of allylic oxidation sites excluding steroid dienone is 1. The highest BCUT2D eigenvalue weighted by molar-refractivity contribution is 5.26. The molecule has 0 aromatic carbocycles. The number of aliphatic hydroxyl groups excluding tert-OH is 2. The second-order valence-corrected chi connectivity index (χ2v) is 12.7. The number of hydrogen-bond acceptors (Lipinski definition) is 2. The molecule has 178 valence electrons. The zero-order valence-corrected chi connectivity index (χ0v) is 21.1. The van der Waals surface area contributed by atoms with Crippen LogP contribution < -0.4 is 0 Å². The summed E-state index contributed by atoms with van der Waals surface area (Å²) in [6.07, 6.45) is 15.7. The lowest BCUT2D eigenvalue weighted by molar-refractivity contribution is -0.0797. The molecule has 3 fully saturated rings. The predicted molar refractivity (Wildman–Crippen MR) is 130 cm³/mol. The van der Waals surface area contributed by atoms with Crippen LogP contribution in [0, 0.1) is 52.3 Å². The molecule has 0 aromatic rings. The third kappa shape index (κ3) is 3.96. The normalized spacial score (nSPS) is 44.3. The maximum Gasteiger partial charge on any atom is 0.0577 e. The molecule has 0 radical (unpaired) electrons. The molecule has 2 N–H and O–H groups in total. The van der Waals surface area contributed by atoms with E-state index in [1.54, 1.807) is 0 Å². The van der Waals surface area contributed by atoms with Gasteiger partial charge in [0, 0.05) is 5.41 Å². The fourth-order valence-electron chi connectivity index (χ4n) is 9.39. The van der Waals surface area contributed by atoms with Gasteiger partial charge in [-0.25, -0.2) is 0 Å². The van der Waals surface area contributed by atoms with Crippen LogP contribution in [0.25, 0.3) is 0 Å². The van der Waals surface area contributed by atoms with Crippen molar-refractivity contribution in [2.45, 2.75) is 111 Å². The summed E-state index contributed by atoms with van der Waals surface area (Å²) in [5, 5.41) is 20.9. The van der Waals surface area contributed by atoms with Gasteiger partial charge < -0.3 is 10.2 Å². The molecule has 9 atom stereocenters. The van der Waals surface area contributed by atoms with Gasteiger partial charge in [-0.2, -0.15) is 0 Å². The maximum absolute atomic E-state index is 10.6. The van der Waals surface area contributed by atoms with E-state index in [1.165, 1.54) is 56.9 Å². The first-order valence-electron chi connectivity index (χ1n) is 13.7. The molecule has 0 bridgehead atoms. The van der Waals surface area contributed by atoms with Crippen LogP contribution in [-0.2, 0) is 0 Å². The van der Waals surface area contributed by atoms with Crippen molar-refractivity contribution in [3.05, 3.63) is 11.6 Å². The van der Waals surface area contributed by atoms with Crippen molar-refractivity contribution < 1.29 is 10.2 Å². The highest BCUT2D eigenvalue weighted by Gasteiger charge is 2.60. The van der Waals surface area contributed by atoms with Gasteiger partial charge in [-0.15, -0.1) is 0 Å². The first-order chi connectivity index (χ1) is 14.8. The van der Waals surface area contributed by atoms with E-state index in [0.717, 1.165) is 54.8 Å². The van der Waals surface area contributed by atoms with Crippen molar-refractivity contribution in [1.29, 1.82) is 0 Å². The molecule has 4 rings (SSSR count). The molecule has 0 aliphatic heterocycles. The lowest BCUT2D eigenvalue weighted by Gasteiger charge is -2.59. The summed E-state index contributed by atoms with van der Waals surface area (Å²) in [7, 11) is 0. The highest BCUT2D eigenvalue weighted by Crippen LogP contribution is 2.67. The van der Waals surface area contributed by atoms with Gasteiger partial charge in [-0.3, -0.25) is 0 Å². The molecule has 2 nitrogen and oxygen atoms in total. The first kappa shape index (κ1) is 23.8. The van der Waals surface area contributed by atoms with Gasteiger partial charge in [0.25, 0.3) is 0 Å². The molecule has 0 amide bonds. The number of hydrogen-bond donors (Lipinski definition) is 2. The highest BCUT2D eigenvalue weighted by atomic mass is 16.3. The van der Waals surface area contributed by atoms with E-state index in [1.807, 2.05) is 0 Å². The average molecular weight is 431 g/mol. The van der Waals surface area contributed by atoms with Crippen molar-refractivity contribution >= 4 is 0 Å². The van der Waals surface area contributed by atoms with E-state index in [9.17, 15) is 10.2 Å². The van der Waals surface area contributed by atoms with Crippen molar-refractivity contribution in [3.63, 3.8) is 0 Å². The molecule has 0 saturated heterocycles. The first-order valence-corrected chi connectivity index (χ1v) is 13.7. The smallest absolute Gasteiger partial charge is 0.0577 e. The summed E-state index contributed by atoms with van der Waals surface area (Å²) in [4.78, 5) is 0. The summed E-state index contributed by atoms with van der Waals surface area (Å²) >= 11 is 0. The zero-order valence-electron chi connectivity index (χ0n) is 21.1. The minimum Gasteiger partial charge on any atom is -0.395 e. The van der Waals surface area contributed by atoms with Crippen molar-refractivity contribution in [2.24, 2.45) is 52.3 Å². The Morgan fingerprint density at radius 3 is 2.48 bits per heavy atom. The molecule has 4 aliphatic rings. The molecule has 3 saturated carbocycles. The van der Waals surface area contributed by atoms with Crippen molar-refractivity contribution in [1.82, 2.24) is 0 Å². The molecule has 0 aromatic heterocycles. The van der Waals surface area contributed by atoms with E-state index >= 15 is 0 Å². The van der Waals surface area contributed by atoms with E-state index in [-0.39, 0.29) is 11.5 Å². The summed E-state index contributed by atoms with van der Waals surface area (Å²) in [5.41, 5.74) is 1.88. The Hall–Kier alpha value is -0.340. The summed E-state index contributed by atoms with van der Waals surface area (Å²) in [5.74, 6) is 5.64. The lowest BCUT2D eigenvalue weighted by Crippen LogP contribution is -2.53. The van der Waals surface area contributed by atoms with Crippen LogP contribution in [0.4, 0.5) is 0 Å². The van der Waals surface area contributed by atoms with Gasteiger partial charge in [-0.1, -0.05) is 59.1 Å². The van der Waals surface area contributed by atoms with Crippen LogP contribution in [0.2, 0.25) is 0 Å². The topological polar surface area (TPSA) is 40.5 Å². The second kappa shape index (κ2) is 9.13. The molecule has 0 unspecified atom stereocenters. The Labute approximate surface area is 192 Å². The quantitative estimate of drug-likeness (QED) is 0.427. The Balaban J connectivity index is 1.50. The van der Waals surface area contributed by atoms with E-state index in [4.69, 9.17) is 0 Å². The largest absolute Gasteiger partial charge is 0.395 e. The average Bonchev–Trinajstić information content (AvgIpc) is 3.10. The van der Waals surface area contributed by atoms with Crippen LogP contribution in [0.1, 0.15) is 105 Å². The number of rotatable bonds is 7. The third-order valence-corrected chi connectivity index (χ3v) is 11.3. The fourth-order valence-corrected chi connectivity index (χ4v) is 9.39. The third-order valence-electron chi connectivity index (χ3n) is 11.3. The molecule has 4 aliphatic carbocycles. The minimum absolute atomic E-state index is 0.0151. The van der Waals surface area contributed by atoms with Crippen LogP contribution in [0.5, 0.6) is 0 Å². The van der Waals surface area contributed by atoms with Crippen molar-refractivity contribution in [3.8, 4) is 0 Å². The van der Waals surface area contributed by atoms with Gasteiger partial charge in [0.2, 0.25) is 0 Å². The number of aliphatic hydroxyl groups is 2.